The summed E-state index contributed by atoms with van der Waals surface area (Å²) < 4.78 is 61.1. The highest BCUT2D eigenvalue weighted by Gasteiger charge is 2.26. The number of pyridine rings is 1. The van der Waals surface area contributed by atoms with Crippen molar-refractivity contribution in [2.75, 3.05) is 33.2 Å². The molecule has 5 aromatic rings. The predicted octanol–water partition coefficient (Wildman–Crippen LogP) is 4.02. The molecule has 0 bridgehead atoms. The molecule has 0 N–H and O–H groups in total. The molecule has 0 spiro atoms. The van der Waals surface area contributed by atoms with Crippen molar-refractivity contribution in [3.05, 3.63) is 66.9 Å². The summed E-state index contributed by atoms with van der Waals surface area (Å²) in [6.45, 7) is 5.01. The molecular weight excluding hydrogens is 621 g/mol. The quantitative estimate of drug-likeness (QED) is 0.225. The Morgan fingerprint density at radius 2 is 1.80 bits per heavy atom. The average Bonchev–Trinajstić information content (AvgIpc) is 3.70. The maximum absolute atomic E-state index is 15.9. The number of aromatic nitrogens is 7. The number of methoxy groups -OCH3 is 2. The number of carbonyl (C=O) groups is 1. The van der Waals surface area contributed by atoms with Crippen molar-refractivity contribution < 1.29 is 31.8 Å². The van der Waals surface area contributed by atoms with E-state index in [4.69, 9.17) is 14.2 Å². The maximum Gasteiger partial charge on any atom is 0.435 e. The van der Waals surface area contributed by atoms with Gasteiger partial charge in [-0.2, -0.15) is 22.5 Å². The van der Waals surface area contributed by atoms with Crippen molar-refractivity contribution in [2.45, 2.75) is 32.9 Å². The van der Waals surface area contributed by atoms with Crippen LogP contribution in [0.25, 0.3) is 22.4 Å². The first-order valence-electron chi connectivity index (χ1n) is 13.8. The molecule has 1 aromatic carbocycles. The topological polar surface area (TPSA) is 160 Å². The number of hydrogen-bond donors (Lipinski definition) is 0. The summed E-state index contributed by atoms with van der Waals surface area (Å²) in [7, 11) is 1.56. The molecule has 0 atom stereocenters. The number of ether oxygens (including phenoxy) is 3. The first-order chi connectivity index (χ1) is 21.7. The van der Waals surface area contributed by atoms with Crippen LogP contribution in [0.4, 0.5) is 20.7 Å². The standard InChI is InChI=1S/C29H32FN9O6S/c1-29(2,3)45-28(40)38-16-18(14-33-38)21-15-32-20-8-9-24(35-27(20)34-21)37(22-12-19(43-6)13-23(44-7)26(22)30)17-25-31-10-11-39(25)46(41,42)36(4)5/h8-16H,17H2,1-7H3. The van der Waals surface area contributed by atoms with Crippen molar-refractivity contribution in [2.24, 2.45) is 0 Å². The second-order valence-electron chi connectivity index (χ2n) is 11.1. The minimum atomic E-state index is -3.96. The lowest BCUT2D eigenvalue weighted by molar-refractivity contribution is 0.0514. The van der Waals surface area contributed by atoms with E-state index in [-0.39, 0.29) is 41.0 Å². The van der Waals surface area contributed by atoms with E-state index < -0.39 is 27.7 Å². The van der Waals surface area contributed by atoms with Gasteiger partial charge in [-0.05, 0) is 32.9 Å². The van der Waals surface area contributed by atoms with Gasteiger partial charge < -0.3 is 19.1 Å². The van der Waals surface area contributed by atoms with Gasteiger partial charge >= 0.3 is 16.3 Å². The highest BCUT2D eigenvalue weighted by atomic mass is 32.2. The van der Waals surface area contributed by atoms with Crippen LogP contribution in [-0.2, 0) is 21.5 Å². The van der Waals surface area contributed by atoms with Gasteiger partial charge in [-0.1, -0.05) is 0 Å². The zero-order valence-electron chi connectivity index (χ0n) is 26.2. The first kappa shape index (κ1) is 32.2. The third-order valence-electron chi connectivity index (χ3n) is 6.56. The number of imidazole rings is 1. The Bertz CT molecular complexity index is 2020. The van der Waals surface area contributed by atoms with Crippen LogP contribution in [0, 0.1) is 5.82 Å². The van der Waals surface area contributed by atoms with Crippen molar-refractivity contribution in [3.63, 3.8) is 0 Å². The molecule has 0 radical (unpaired) electrons. The molecule has 0 aliphatic rings. The van der Waals surface area contributed by atoms with Gasteiger partial charge in [0.2, 0.25) is 0 Å². The lowest BCUT2D eigenvalue weighted by atomic mass is 10.2. The molecule has 4 aromatic heterocycles. The van der Waals surface area contributed by atoms with E-state index in [2.05, 4.69) is 25.0 Å². The van der Waals surface area contributed by atoms with Crippen LogP contribution < -0.4 is 14.4 Å². The van der Waals surface area contributed by atoms with Gasteiger partial charge in [-0.15, -0.1) is 0 Å². The molecule has 0 aliphatic carbocycles. The number of carbonyl (C=O) groups excluding carboxylic acids is 1. The number of anilines is 2. The Morgan fingerprint density at radius 3 is 2.48 bits per heavy atom. The van der Waals surface area contributed by atoms with Gasteiger partial charge in [-0.25, -0.2) is 28.1 Å². The van der Waals surface area contributed by atoms with Gasteiger partial charge in [0.15, 0.2) is 17.2 Å². The largest absolute Gasteiger partial charge is 0.497 e. The molecule has 17 heteroatoms. The van der Waals surface area contributed by atoms with Crippen molar-refractivity contribution in [3.8, 4) is 22.8 Å². The second-order valence-corrected chi connectivity index (χ2v) is 13.1. The number of hydrogen-bond acceptors (Lipinski definition) is 12. The average molecular weight is 654 g/mol. The highest BCUT2D eigenvalue weighted by Crippen LogP contribution is 2.37. The van der Waals surface area contributed by atoms with Crippen LogP contribution in [0.1, 0.15) is 26.6 Å². The molecule has 15 nitrogen and oxygen atoms in total. The summed E-state index contributed by atoms with van der Waals surface area (Å²) in [4.78, 5) is 31.9. The minimum absolute atomic E-state index is 0.0254. The number of halogens is 1. The van der Waals surface area contributed by atoms with Crippen molar-refractivity contribution in [1.29, 1.82) is 0 Å². The molecule has 46 heavy (non-hydrogen) atoms. The Kier molecular flexibility index (Phi) is 8.64. The van der Waals surface area contributed by atoms with Crippen LogP contribution >= 0.6 is 0 Å². The summed E-state index contributed by atoms with van der Waals surface area (Å²) >= 11 is 0. The predicted molar refractivity (Wildman–Crippen MR) is 166 cm³/mol. The molecule has 5 rings (SSSR count). The fourth-order valence-corrected chi connectivity index (χ4v) is 5.24. The van der Waals surface area contributed by atoms with Crippen LogP contribution in [-0.4, -0.2) is 86.4 Å². The lowest BCUT2D eigenvalue weighted by Gasteiger charge is -2.26. The van der Waals surface area contributed by atoms with Crippen molar-refractivity contribution >= 4 is 39.0 Å². The SMILES string of the molecule is COc1cc(OC)c(F)c(N(Cc2nccn2S(=O)(=O)N(C)C)c2ccc3ncc(-c4cnn(C(=O)OC(C)(C)C)c4)nc3n2)c1. The molecule has 0 saturated carbocycles. The summed E-state index contributed by atoms with van der Waals surface area (Å²) in [6.07, 6.45) is 6.39. The van der Waals surface area contributed by atoms with E-state index >= 15 is 4.39 Å². The zero-order chi connectivity index (χ0) is 33.4. The van der Waals surface area contributed by atoms with Crippen LogP contribution in [0.15, 0.2) is 55.2 Å². The number of rotatable bonds is 9. The van der Waals surface area contributed by atoms with Gasteiger partial charge in [0.25, 0.3) is 0 Å². The Balaban J connectivity index is 1.62. The van der Waals surface area contributed by atoms with Crippen LogP contribution in [0.5, 0.6) is 11.5 Å². The Morgan fingerprint density at radius 1 is 1.04 bits per heavy atom. The minimum Gasteiger partial charge on any atom is -0.497 e. The summed E-state index contributed by atoms with van der Waals surface area (Å²) in [5.41, 5.74) is 0.710. The second kappa shape index (κ2) is 12.3. The Hall–Kier alpha value is -5.16. The monoisotopic (exact) mass is 653 g/mol. The third kappa shape index (κ3) is 6.45. The molecular formula is C29H32FN9O6S. The van der Waals surface area contributed by atoms with Crippen molar-refractivity contribution in [1.82, 2.24) is 38.0 Å². The molecule has 0 amide bonds. The smallest absolute Gasteiger partial charge is 0.435 e. The summed E-state index contributed by atoms with van der Waals surface area (Å²) in [6, 6.07) is 6.06. The van der Waals surface area contributed by atoms with Crippen LogP contribution in [0.2, 0.25) is 0 Å². The van der Waals surface area contributed by atoms with Gasteiger partial charge in [0.05, 0.1) is 44.5 Å². The molecule has 0 unspecified atom stereocenters. The number of benzene rings is 1. The van der Waals surface area contributed by atoms with E-state index in [0.29, 0.717) is 16.8 Å². The van der Waals surface area contributed by atoms with Gasteiger partial charge in [0, 0.05) is 50.4 Å². The summed E-state index contributed by atoms with van der Waals surface area (Å²) in [5, 5.41) is 4.09. The highest BCUT2D eigenvalue weighted by molar-refractivity contribution is 7.87. The van der Waals surface area contributed by atoms with E-state index in [9.17, 15) is 13.2 Å². The molecule has 0 fully saturated rings. The maximum atomic E-state index is 15.9. The van der Waals surface area contributed by atoms with Crippen LogP contribution in [0.3, 0.4) is 0 Å². The molecule has 0 saturated heterocycles. The lowest BCUT2D eigenvalue weighted by Crippen LogP contribution is -2.31. The zero-order valence-corrected chi connectivity index (χ0v) is 27.0. The number of nitrogens with zero attached hydrogens (tertiary/aromatic N) is 9. The van der Waals surface area contributed by atoms with Gasteiger partial charge in [-0.3, -0.25) is 4.98 Å². The van der Waals surface area contributed by atoms with Gasteiger partial charge in [0.1, 0.15) is 28.5 Å². The first-order valence-corrected chi connectivity index (χ1v) is 15.2. The number of fused-ring (bicyclic) bond motifs is 1. The van der Waals surface area contributed by atoms with E-state index in [0.717, 1.165) is 13.0 Å². The molecule has 4 heterocycles. The van der Waals surface area contributed by atoms with E-state index in [1.54, 1.807) is 32.9 Å². The van der Waals surface area contributed by atoms with E-state index in [1.165, 1.54) is 76.3 Å². The normalized spacial score (nSPS) is 12.0. The summed E-state index contributed by atoms with van der Waals surface area (Å²) in [5.74, 6) is -0.297. The third-order valence-corrected chi connectivity index (χ3v) is 8.31. The fourth-order valence-electron chi connectivity index (χ4n) is 4.31. The molecule has 0 aliphatic heterocycles. The van der Waals surface area contributed by atoms with E-state index in [1.807, 2.05) is 0 Å². The fraction of sp³-hybridized carbons (Fsp3) is 0.310. The molecule has 242 valence electrons. The Labute approximate surface area is 264 Å².